The van der Waals surface area contributed by atoms with Crippen molar-refractivity contribution in [1.29, 1.82) is 0 Å². The molecule has 0 aromatic rings. The lowest BCUT2D eigenvalue weighted by Gasteiger charge is -2.40. The van der Waals surface area contributed by atoms with E-state index in [1.807, 2.05) is 6.92 Å². The van der Waals surface area contributed by atoms with Crippen LogP contribution in [0.3, 0.4) is 0 Å². The molecule has 5 nitrogen and oxygen atoms in total. The van der Waals surface area contributed by atoms with Gasteiger partial charge < -0.3 is 15.1 Å². The largest absolute Gasteiger partial charge is 0.356 e. The molecule has 0 aromatic heterocycles. The van der Waals surface area contributed by atoms with Crippen LogP contribution < -0.4 is 5.32 Å². The minimum Gasteiger partial charge on any atom is -0.356 e. The van der Waals surface area contributed by atoms with Crippen molar-refractivity contribution in [1.82, 2.24) is 15.1 Å². The Hall–Kier alpha value is -1.10. The van der Waals surface area contributed by atoms with Crippen LogP contribution in [0.5, 0.6) is 0 Å². The van der Waals surface area contributed by atoms with E-state index in [-0.39, 0.29) is 11.3 Å². The Kier molecular flexibility index (Phi) is 6.96. The van der Waals surface area contributed by atoms with Crippen LogP contribution in [0.25, 0.3) is 0 Å². The van der Waals surface area contributed by atoms with E-state index >= 15 is 0 Å². The first-order chi connectivity index (χ1) is 12.6. The molecule has 0 radical (unpaired) electrons. The van der Waals surface area contributed by atoms with Crippen LogP contribution in [0.1, 0.15) is 71.1 Å². The van der Waals surface area contributed by atoms with Crippen molar-refractivity contribution in [3.63, 3.8) is 0 Å². The summed E-state index contributed by atoms with van der Waals surface area (Å²) in [5, 5.41) is 2.86. The average molecular weight is 364 g/mol. The predicted molar refractivity (Wildman–Crippen MR) is 104 cm³/mol. The summed E-state index contributed by atoms with van der Waals surface area (Å²) in [6.45, 7) is 7.15. The number of nitrogens with zero attached hydrogens (tertiary/aromatic N) is 2. The van der Waals surface area contributed by atoms with Gasteiger partial charge in [0.25, 0.3) is 0 Å². The van der Waals surface area contributed by atoms with E-state index in [0.29, 0.717) is 18.9 Å². The number of likely N-dealkylation sites (tertiary alicyclic amines) is 2. The summed E-state index contributed by atoms with van der Waals surface area (Å²) in [5.74, 6) is 1.36. The van der Waals surface area contributed by atoms with Crippen LogP contribution in [-0.2, 0) is 9.59 Å². The maximum Gasteiger partial charge on any atom is 0.230 e. The highest BCUT2D eigenvalue weighted by Crippen LogP contribution is 2.40. The van der Waals surface area contributed by atoms with Crippen LogP contribution in [-0.4, -0.2) is 60.9 Å². The molecule has 3 rings (SSSR count). The van der Waals surface area contributed by atoms with Crippen LogP contribution in [0, 0.1) is 11.3 Å². The fraction of sp³-hybridized carbons (Fsp3) is 0.905. The number of amides is 2. The molecule has 3 aliphatic rings. The molecule has 3 fully saturated rings. The Morgan fingerprint density at radius 2 is 1.92 bits per heavy atom. The number of carbonyl (C=O) groups excluding carboxylic acids is 2. The molecule has 0 bridgehead atoms. The molecule has 2 heterocycles. The highest BCUT2D eigenvalue weighted by Gasteiger charge is 2.48. The van der Waals surface area contributed by atoms with Gasteiger partial charge in [0.1, 0.15) is 0 Å². The summed E-state index contributed by atoms with van der Waals surface area (Å²) < 4.78 is 0. The molecule has 2 amide bonds. The number of carbonyl (C=O) groups is 2. The molecule has 1 aliphatic carbocycles. The Balaban J connectivity index is 1.48. The zero-order valence-corrected chi connectivity index (χ0v) is 16.6. The van der Waals surface area contributed by atoms with Gasteiger partial charge in [0.05, 0.1) is 5.41 Å². The van der Waals surface area contributed by atoms with E-state index in [1.165, 1.54) is 38.5 Å². The van der Waals surface area contributed by atoms with Crippen molar-refractivity contribution in [3.8, 4) is 0 Å². The predicted octanol–water partition coefficient (Wildman–Crippen LogP) is 2.80. The molecular weight excluding hydrogens is 326 g/mol. The van der Waals surface area contributed by atoms with Crippen molar-refractivity contribution >= 4 is 11.8 Å². The maximum absolute atomic E-state index is 13.2. The van der Waals surface area contributed by atoms with Gasteiger partial charge in [-0.3, -0.25) is 9.59 Å². The third kappa shape index (κ3) is 4.79. The zero-order valence-electron chi connectivity index (χ0n) is 16.6. The summed E-state index contributed by atoms with van der Waals surface area (Å²) in [6.07, 6.45) is 11.8. The van der Waals surface area contributed by atoms with Gasteiger partial charge in [0, 0.05) is 39.1 Å². The molecule has 0 aromatic carbocycles. The molecule has 5 heteroatoms. The molecule has 2 saturated heterocycles. The van der Waals surface area contributed by atoms with Gasteiger partial charge >= 0.3 is 0 Å². The highest BCUT2D eigenvalue weighted by atomic mass is 16.2. The summed E-state index contributed by atoms with van der Waals surface area (Å²) in [4.78, 5) is 29.4. The first-order valence-corrected chi connectivity index (χ1v) is 10.9. The Morgan fingerprint density at radius 1 is 1.12 bits per heavy atom. The van der Waals surface area contributed by atoms with E-state index < -0.39 is 0 Å². The van der Waals surface area contributed by atoms with Gasteiger partial charge in [-0.05, 0) is 45.1 Å². The Labute approximate surface area is 158 Å². The standard InChI is InChI=1S/C21H37N3O2/c1-2-22-19(25)10-14-23-16-12-21(17-23)11-6-13-24(20(21)26)15-9-18-7-4-3-5-8-18/h18H,2-17H2,1H3,(H,22,25). The summed E-state index contributed by atoms with van der Waals surface area (Å²) in [6, 6.07) is 0. The van der Waals surface area contributed by atoms with Crippen molar-refractivity contribution < 1.29 is 9.59 Å². The molecule has 148 valence electrons. The molecule has 1 unspecified atom stereocenters. The monoisotopic (exact) mass is 363 g/mol. The second-order valence-electron chi connectivity index (χ2n) is 8.70. The van der Waals surface area contributed by atoms with Gasteiger partial charge in [-0.2, -0.15) is 0 Å². The fourth-order valence-corrected chi connectivity index (χ4v) is 5.25. The van der Waals surface area contributed by atoms with Crippen LogP contribution in [0.4, 0.5) is 0 Å². The Bertz CT molecular complexity index is 490. The summed E-state index contributed by atoms with van der Waals surface area (Å²) in [7, 11) is 0. The lowest BCUT2D eigenvalue weighted by molar-refractivity contribution is -0.145. The molecule has 1 N–H and O–H groups in total. The number of hydrogen-bond donors (Lipinski definition) is 1. The minimum atomic E-state index is -0.161. The van der Waals surface area contributed by atoms with Gasteiger partial charge in [0.2, 0.25) is 11.8 Å². The minimum absolute atomic E-state index is 0.123. The third-order valence-corrected chi connectivity index (χ3v) is 6.82. The van der Waals surface area contributed by atoms with Crippen LogP contribution in [0.15, 0.2) is 0 Å². The number of piperidine rings is 1. The summed E-state index contributed by atoms with van der Waals surface area (Å²) >= 11 is 0. The topological polar surface area (TPSA) is 52.7 Å². The van der Waals surface area contributed by atoms with E-state index in [1.54, 1.807) is 0 Å². The second-order valence-corrected chi connectivity index (χ2v) is 8.70. The smallest absolute Gasteiger partial charge is 0.230 e. The number of hydrogen-bond acceptors (Lipinski definition) is 3. The average Bonchev–Trinajstić information content (AvgIpc) is 3.07. The lowest BCUT2D eigenvalue weighted by atomic mass is 9.78. The maximum atomic E-state index is 13.2. The first-order valence-electron chi connectivity index (χ1n) is 10.9. The van der Waals surface area contributed by atoms with Crippen molar-refractivity contribution in [2.24, 2.45) is 11.3 Å². The van der Waals surface area contributed by atoms with E-state index in [9.17, 15) is 9.59 Å². The third-order valence-electron chi connectivity index (χ3n) is 6.82. The van der Waals surface area contributed by atoms with E-state index in [0.717, 1.165) is 57.9 Å². The highest BCUT2D eigenvalue weighted by molar-refractivity contribution is 5.84. The lowest BCUT2D eigenvalue weighted by Crippen LogP contribution is -2.50. The van der Waals surface area contributed by atoms with Crippen molar-refractivity contribution in [2.75, 3.05) is 39.3 Å². The van der Waals surface area contributed by atoms with E-state index in [2.05, 4.69) is 15.1 Å². The second kappa shape index (κ2) is 9.20. The number of nitrogens with one attached hydrogen (secondary N) is 1. The zero-order chi connectivity index (χ0) is 18.4. The normalized spacial score (nSPS) is 28.0. The van der Waals surface area contributed by atoms with Gasteiger partial charge in [-0.15, -0.1) is 0 Å². The quantitative estimate of drug-likeness (QED) is 0.757. The summed E-state index contributed by atoms with van der Waals surface area (Å²) in [5.41, 5.74) is -0.161. The Morgan fingerprint density at radius 3 is 2.69 bits per heavy atom. The van der Waals surface area contributed by atoms with Crippen molar-refractivity contribution in [2.45, 2.75) is 71.1 Å². The first kappa shape index (κ1) is 19.7. The van der Waals surface area contributed by atoms with Crippen molar-refractivity contribution in [3.05, 3.63) is 0 Å². The molecule has 1 spiro atoms. The van der Waals surface area contributed by atoms with Gasteiger partial charge in [-0.1, -0.05) is 32.1 Å². The van der Waals surface area contributed by atoms with Crippen LogP contribution >= 0.6 is 0 Å². The fourth-order valence-electron chi connectivity index (χ4n) is 5.25. The molecular formula is C21H37N3O2. The molecule has 1 atom stereocenters. The molecule has 1 saturated carbocycles. The van der Waals surface area contributed by atoms with Gasteiger partial charge in [0.15, 0.2) is 0 Å². The van der Waals surface area contributed by atoms with Gasteiger partial charge in [-0.25, -0.2) is 0 Å². The SMILES string of the molecule is CCNC(=O)CCN1CCC2(CCCN(CCC3CCCCC3)C2=O)C1. The van der Waals surface area contributed by atoms with E-state index in [4.69, 9.17) is 0 Å². The number of rotatable bonds is 7. The molecule has 26 heavy (non-hydrogen) atoms. The van der Waals surface area contributed by atoms with Crippen LogP contribution in [0.2, 0.25) is 0 Å². The molecule has 2 aliphatic heterocycles.